The lowest BCUT2D eigenvalue weighted by Crippen LogP contribution is -2.45. The molecule has 1 N–H and O–H groups in total. The van der Waals surface area contributed by atoms with E-state index in [-0.39, 0.29) is 11.9 Å². The summed E-state index contributed by atoms with van der Waals surface area (Å²) in [5.74, 6) is 0.844. The van der Waals surface area contributed by atoms with E-state index in [2.05, 4.69) is 22.1 Å². The Morgan fingerprint density at radius 1 is 1.56 bits per heavy atom. The molecular weight excluding hydrogens is 246 g/mol. The van der Waals surface area contributed by atoms with Gasteiger partial charge in [-0.3, -0.25) is 9.69 Å². The molecule has 1 saturated heterocycles. The van der Waals surface area contributed by atoms with Gasteiger partial charge in [-0.25, -0.2) is 4.98 Å². The van der Waals surface area contributed by atoms with Crippen LogP contribution in [0.25, 0.3) is 0 Å². The highest BCUT2D eigenvalue weighted by molar-refractivity contribution is 7.15. The second kappa shape index (κ2) is 5.80. The van der Waals surface area contributed by atoms with Gasteiger partial charge in [-0.05, 0) is 45.7 Å². The van der Waals surface area contributed by atoms with Gasteiger partial charge < -0.3 is 5.32 Å². The number of likely N-dealkylation sites (tertiary alicyclic amines) is 1. The van der Waals surface area contributed by atoms with Crippen LogP contribution in [-0.4, -0.2) is 34.9 Å². The number of hydrogen-bond acceptors (Lipinski definition) is 4. The standard InChI is InChI=1S/C13H21N3OS/c1-9-4-6-16(7-5-9)11(3)12(17)15-13-14-8-10(2)18-13/h8-9,11H,4-7H2,1-3H3,(H,14,15,17)/t11-/m0/s1. The van der Waals surface area contributed by atoms with E-state index < -0.39 is 0 Å². The van der Waals surface area contributed by atoms with Crippen LogP contribution in [0.3, 0.4) is 0 Å². The molecule has 1 aromatic rings. The summed E-state index contributed by atoms with van der Waals surface area (Å²) in [5.41, 5.74) is 0. The van der Waals surface area contributed by atoms with Crippen LogP contribution in [-0.2, 0) is 4.79 Å². The van der Waals surface area contributed by atoms with Crippen LogP contribution in [0.15, 0.2) is 6.20 Å². The number of aromatic nitrogens is 1. The number of anilines is 1. The highest BCUT2D eigenvalue weighted by atomic mass is 32.1. The fraction of sp³-hybridized carbons (Fsp3) is 0.692. The summed E-state index contributed by atoms with van der Waals surface area (Å²) in [6.45, 7) is 8.29. The smallest absolute Gasteiger partial charge is 0.243 e. The lowest BCUT2D eigenvalue weighted by Gasteiger charge is -2.33. The molecule has 1 aliphatic heterocycles. The normalized spacial score (nSPS) is 19.7. The number of amides is 1. The van der Waals surface area contributed by atoms with Crippen molar-refractivity contribution >= 4 is 22.4 Å². The molecule has 0 saturated carbocycles. The van der Waals surface area contributed by atoms with Crippen molar-refractivity contribution in [2.45, 2.75) is 39.7 Å². The number of hydrogen-bond donors (Lipinski definition) is 1. The van der Waals surface area contributed by atoms with Crippen molar-refractivity contribution in [1.82, 2.24) is 9.88 Å². The molecule has 2 heterocycles. The van der Waals surface area contributed by atoms with Crippen molar-refractivity contribution in [3.8, 4) is 0 Å². The predicted molar refractivity (Wildman–Crippen MR) is 74.9 cm³/mol. The minimum atomic E-state index is -0.0679. The zero-order valence-corrected chi connectivity index (χ0v) is 12.1. The summed E-state index contributed by atoms with van der Waals surface area (Å²) in [6, 6.07) is -0.0679. The third-order valence-corrected chi connectivity index (χ3v) is 4.42. The second-order valence-electron chi connectivity index (χ2n) is 5.16. The average Bonchev–Trinajstić information content (AvgIpc) is 2.75. The number of piperidine rings is 1. The molecule has 0 aromatic carbocycles. The van der Waals surface area contributed by atoms with Gasteiger partial charge in [0.2, 0.25) is 5.91 Å². The largest absolute Gasteiger partial charge is 0.301 e. The fourth-order valence-corrected chi connectivity index (χ4v) is 2.87. The first-order chi connectivity index (χ1) is 8.56. The van der Waals surface area contributed by atoms with E-state index in [1.165, 1.54) is 24.2 Å². The molecule has 1 amide bonds. The first-order valence-electron chi connectivity index (χ1n) is 6.53. The lowest BCUT2D eigenvalue weighted by molar-refractivity contribution is -0.121. The average molecular weight is 267 g/mol. The Bertz CT molecular complexity index is 410. The number of rotatable bonds is 3. The first-order valence-corrected chi connectivity index (χ1v) is 7.35. The molecule has 1 aromatic heterocycles. The zero-order valence-electron chi connectivity index (χ0n) is 11.3. The summed E-state index contributed by atoms with van der Waals surface area (Å²) in [5, 5.41) is 3.60. The van der Waals surface area contributed by atoms with Crippen LogP contribution in [0, 0.1) is 12.8 Å². The Labute approximate surface area is 112 Å². The molecule has 2 rings (SSSR count). The summed E-state index contributed by atoms with van der Waals surface area (Å²) in [4.78, 5) is 19.7. The van der Waals surface area contributed by atoms with E-state index in [4.69, 9.17) is 0 Å². The lowest BCUT2D eigenvalue weighted by atomic mass is 9.98. The van der Waals surface area contributed by atoms with Crippen LogP contribution < -0.4 is 5.32 Å². The van der Waals surface area contributed by atoms with Crippen molar-refractivity contribution in [3.63, 3.8) is 0 Å². The number of nitrogens with zero attached hydrogens (tertiary/aromatic N) is 2. The molecular formula is C13H21N3OS. The van der Waals surface area contributed by atoms with E-state index in [0.717, 1.165) is 23.9 Å². The number of carbonyl (C=O) groups excluding carboxylic acids is 1. The van der Waals surface area contributed by atoms with Gasteiger partial charge in [-0.1, -0.05) is 6.92 Å². The molecule has 1 aliphatic rings. The summed E-state index contributed by atoms with van der Waals surface area (Å²) >= 11 is 1.52. The molecule has 4 nitrogen and oxygen atoms in total. The molecule has 0 bridgehead atoms. The van der Waals surface area contributed by atoms with Gasteiger partial charge in [0.25, 0.3) is 0 Å². The van der Waals surface area contributed by atoms with Crippen molar-refractivity contribution in [2.75, 3.05) is 18.4 Å². The molecule has 0 unspecified atom stereocenters. The van der Waals surface area contributed by atoms with Crippen molar-refractivity contribution in [1.29, 1.82) is 0 Å². The van der Waals surface area contributed by atoms with Gasteiger partial charge in [0.1, 0.15) is 0 Å². The number of aryl methyl sites for hydroxylation is 1. The number of thiazole rings is 1. The summed E-state index contributed by atoms with van der Waals surface area (Å²) in [6.07, 6.45) is 4.16. The first kappa shape index (κ1) is 13.5. The van der Waals surface area contributed by atoms with Gasteiger partial charge in [0.05, 0.1) is 6.04 Å². The van der Waals surface area contributed by atoms with Gasteiger partial charge >= 0.3 is 0 Å². The maximum Gasteiger partial charge on any atom is 0.243 e. The maximum absolute atomic E-state index is 12.1. The highest BCUT2D eigenvalue weighted by Crippen LogP contribution is 2.20. The van der Waals surface area contributed by atoms with Gasteiger partial charge in [-0.2, -0.15) is 0 Å². The summed E-state index contributed by atoms with van der Waals surface area (Å²) in [7, 11) is 0. The topological polar surface area (TPSA) is 45.2 Å². The van der Waals surface area contributed by atoms with Gasteiger partial charge in [0.15, 0.2) is 5.13 Å². The minimum Gasteiger partial charge on any atom is -0.301 e. The molecule has 1 fully saturated rings. The molecule has 0 aliphatic carbocycles. The highest BCUT2D eigenvalue weighted by Gasteiger charge is 2.25. The molecule has 100 valence electrons. The predicted octanol–water partition coefficient (Wildman–Crippen LogP) is 2.51. The van der Waals surface area contributed by atoms with Crippen molar-refractivity contribution in [3.05, 3.63) is 11.1 Å². The quantitative estimate of drug-likeness (QED) is 0.915. The van der Waals surface area contributed by atoms with Gasteiger partial charge in [-0.15, -0.1) is 11.3 Å². The van der Waals surface area contributed by atoms with E-state index >= 15 is 0 Å². The monoisotopic (exact) mass is 267 g/mol. The van der Waals surface area contributed by atoms with E-state index in [0.29, 0.717) is 5.13 Å². The Balaban J connectivity index is 1.88. The number of carbonyl (C=O) groups is 1. The Morgan fingerprint density at radius 3 is 2.78 bits per heavy atom. The maximum atomic E-state index is 12.1. The van der Waals surface area contributed by atoms with Crippen molar-refractivity contribution in [2.24, 2.45) is 5.92 Å². The van der Waals surface area contributed by atoms with Crippen LogP contribution >= 0.6 is 11.3 Å². The zero-order chi connectivity index (χ0) is 13.1. The minimum absolute atomic E-state index is 0.0545. The Hall–Kier alpha value is -0.940. The Kier molecular flexibility index (Phi) is 4.35. The van der Waals surface area contributed by atoms with Crippen LogP contribution in [0.1, 0.15) is 31.6 Å². The van der Waals surface area contributed by atoms with E-state index in [1.54, 1.807) is 6.20 Å². The number of nitrogens with one attached hydrogen (secondary N) is 1. The molecule has 0 radical (unpaired) electrons. The second-order valence-corrected chi connectivity index (χ2v) is 6.39. The van der Waals surface area contributed by atoms with E-state index in [9.17, 15) is 4.79 Å². The van der Waals surface area contributed by atoms with Crippen molar-refractivity contribution < 1.29 is 4.79 Å². The van der Waals surface area contributed by atoms with E-state index in [1.807, 2.05) is 13.8 Å². The molecule has 18 heavy (non-hydrogen) atoms. The van der Waals surface area contributed by atoms with Crippen LogP contribution in [0.5, 0.6) is 0 Å². The third-order valence-electron chi connectivity index (χ3n) is 3.60. The Morgan fingerprint density at radius 2 is 2.22 bits per heavy atom. The molecule has 1 atom stereocenters. The summed E-state index contributed by atoms with van der Waals surface area (Å²) < 4.78 is 0. The SMILES string of the molecule is Cc1cnc(NC(=O)[C@H](C)N2CCC(C)CC2)s1. The third kappa shape index (κ3) is 3.29. The fourth-order valence-electron chi connectivity index (χ4n) is 2.20. The van der Waals surface area contributed by atoms with Crippen LogP contribution in [0.4, 0.5) is 5.13 Å². The van der Waals surface area contributed by atoms with Crippen LogP contribution in [0.2, 0.25) is 0 Å². The van der Waals surface area contributed by atoms with Gasteiger partial charge in [0, 0.05) is 11.1 Å². The molecule has 0 spiro atoms. The molecule has 5 heteroatoms.